The van der Waals surface area contributed by atoms with Crippen LogP contribution in [-0.4, -0.2) is 23.3 Å². The molecule has 1 fully saturated rings. The van der Waals surface area contributed by atoms with Crippen molar-refractivity contribution in [3.05, 3.63) is 47.8 Å². The third-order valence-electron chi connectivity index (χ3n) is 5.05. The minimum atomic E-state index is -0.378. The van der Waals surface area contributed by atoms with Crippen LogP contribution in [-0.2, 0) is 9.31 Å². The quantitative estimate of drug-likeness (QED) is 0.793. The Hall–Kier alpha value is -1.65. The molecule has 1 aromatic heterocycles. The molecule has 1 aliphatic rings. The van der Waals surface area contributed by atoms with Crippen molar-refractivity contribution >= 4 is 12.6 Å². The number of benzene rings is 1. The minimum absolute atomic E-state index is 0.341. The Morgan fingerprint density at radius 1 is 0.913 bits per heavy atom. The van der Waals surface area contributed by atoms with Crippen molar-refractivity contribution in [3.63, 3.8) is 0 Å². The Labute approximate surface area is 139 Å². The third-order valence-corrected chi connectivity index (χ3v) is 5.05. The molecule has 0 bridgehead atoms. The molecular weight excluding hydrogens is 285 g/mol. The molecule has 0 aliphatic carbocycles. The van der Waals surface area contributed by atoms with Crippen LogP contribution in [0, 0.1) is 13.8 Å². The van der Waals surface area contributed by atoms with Crippen molar-refractivity contribution in [3.8, 4) is 11.1 Å². The lowest BCUT2D eigenvalue weighted by atomic mass is 9.79. The first kappa shape index (κ1) is 16.2. The summed E-state index contributed by atoms with van der Waals surface area (Å²) in [4.78, 5) is 4.42. The zero-order valence-corrected chi connectivity index (χ0v) is 14.8. The first-order valence-electron chi connectivity index (χ1n) is 8.08. The van der Waals surface area contributed by atoms with Crippen molar-refractivity contribution < 1.29 is 9.31 Å². The van der Waals surface area contributed by atoms with Gasteiger partial charge in [0.05, 0.1) is 11.2 Å². The molecule has 2 heterocycles. The average Bonchev–Trinajstić information content (AvgIpc) is 2.68. The van der Waals surface area contributed by atoms with Crippen molar-refractivity contribution in [2.24, 2.45) is 0 Å². The van der Waals surface area contributed by atoms with Crippen LogP contribution in [0.3, 0.4) is 0 Å². The molecule has 1 saturated heterocycles. The van der Waals surface area contributed by atoms with Gasteiger partial charge in [-0.25, -0.2) is 0 Å². The molecule has 3 rings (SSSR count). The normalized spacial score (nSPS) is 19.1. The summed E-state index contributed by atoms with van der Waals surface area (Å²) in [5.74, 6) is 0. The van der Waals surface area contributed by atoms with Gasteiger partial charge in [0.25, 0.3) is 0 Å². The highest BCUT2D eigenvalue weighted by Crippen LogP contribution is 2.36. The van der Waals surface area contributed by atoms with Crippen LogP contribution in [0.4, 0.5) is 0 Å². The van der Waals surface area contributed by atoms with E-state index in [0.29, 0.717) is 0 Å². The molecule has 0 radical (unpaired) electrons. The molecule has 23 heavy (non-hydrogen) atoms. The number of pyridine rings is 1. The summed E-state index contributed by atoms with van der Waals surface area (Å²) in [6.45, 7) is 12.5. The number of aryl methyl sites for hydroxylation is 2. The zero-order valence-electron chi connectivity index (χ0n) is 14.8. The van der Waals surface area contributed by atoms with Gasteiger partial charge in [-0.1, -0.05) is 24.3 Å². The zero-order chi connectivity index (χ0) is 16.8. The summed E-state index contributed by atoms with van der Waals surface area (Å²) in [6, 6.07) is 8.47. The molecular formula is C19H24BNO2. The highest BCUT2D eigenvalue weighted by atomic mass is 16.7. The van der Waals surface area contributed by atoms with Gasteiger partial charge in [-0.15, -0.1) is 0 Å². The van der Waals surface area contributed by atoms with Crippen LogP contribution < -0.4 is 5.46 Å². The molecule has 120 valence electrons. The van der Waals surface area contributed by atoms with E-state index in [1.165, 1.54) is 16.7 Å². The van der Waals surface area contributed by atoms with Gasteiger partial charge in [0, 0.05) is 23.4 Å². The Morgan fingerprint density at radius 2 is 1.48 bits per heavy atom. The lowest BCUT2D eigenvalue weighted by molar-refractivity contribution is 0.00578. The topological polar surface area (TPSA) is 31.4 Å². The summed E-state index contributed by atoms with van der Waals surface area (Å²) in [5.41, 5.74) is 5.11. The van der Waals surface area contributed by atoms with Crippen molar-refractivity contribution in [1.29, 1.82) is 0 Å². The Morgan fingerprint density at radius 3 is 2.04 bits per heavy atom. The van der Waals surface area contributed by atoms with Gasteiger partial charge in [-0.05, 0) is 58.2 Å². The fraction of sp³-hybridized carbons (Fsp3) is 0.421. The summed E-state index contributed by atoms with van der Waals surface area (Å²) in [5, 5.41) is 0. The van der Waals surface area contributed by atoms with Crippen molar-refractivity contribution in [2.75, 3.05) is 0 Å². The van der Waals surface area contributed by atoms with E-state index in [0.717, 1.165) is 11.0 Å². The molecule has 2 aromatic rings. The Kier molecular flexibility index (Phi) is 3.85. The number of hydrogen-bond acceptors (Lipinski definition) is 3. The summed E-state index contributed by atoms with van der Waals surface area (Å²) in [6.07, 6.45) is 3.74. The fourth-order valence-electron chi connectivity index (χ4n) is 2.97. The number of rotatable bonds is 2. The predicted octanol–water partition coefficient (Wildman–Crippen LogP) is 3.66. The van der Waals surface area contributed by atoms with Crippen LogP contribution in [0.15, 0.2) is 36.7 Å². The summed E-state index contributed by atoms with van der Waals surface area (Å²) >= 11 is 0. The van der Waals surface area contributed by atoms with Crippen molar-refractivity contribution in [1.82, 2.24) is 4.98 Å². The van der Waals surface area contributed by atoms with Crippen molar-refractivity contribution in [2.45, 2.75) is 52.7 Å². The van der Waals surface area contributed by atoms with Gasteiger partial charge in [-0.3, -0.25) is 4.98 Å². The molecule has 0 amide bonds. The van der Waals surface area contributed by atoms with Gasteiger partial charge in [-0.2, -0.15) is 0 Å². The smallest absolute Gasteiger partial charge is 0.399 e. The molecule has 4 heteroatoms. The van der Waals surface area contributed by atoms with E-state index in [1.54, 1.807) is 0 Å². The summed E-state index contributed by atoms with van der Waals surface area (Å²) in [7, 11) is -0.378. The van der Waals surface area contributed by atoms with E-state index in [2.05, 4.69) is 70.8 Å². The highest BCUT2D eigenvalue weighted by Gasteiger charge is 2.51. The van der Waals surface area contributed by atoms with E-state index >= 15 is 0 Å². The SMILES string of the molecule is Cc1cccc(C)c1-c1cncc(B2OC(C)(C)C(C)(C)O2)c1. The van der Waals surface area contributed by atoms with Crippen LogP contribution >= 0.6 is 0 Å². The molecule has 0 saturated carbocycles. The molecule has 3 nitrogen and oxygen atoms in total. The summed E-state index contributed by atoms with van der Waals surface area (Å²) < 4.78 is 12.3. The average molecular weight is 309 g/mol. The Balaban J connectivity index is 1.99. The predicted molar refractivity (Wildman–Crippen MR) is 94.9 cm³/mol. The first-order valence-corrected chi connectivity index (χ1v) is 8.08. The number of aromatic nitrogens is 1. The molecule has 1 aliphatic heterocycles. The maximum absolute atomic E-state index is 6.14. The Bertz CT molecular complexity index is 704. The second-order valence-corrected chi connectivity index (χ2v) is 7.36. The molecule has 0 spiro atoms. The lowest BCUT2D eigenvalue weighted by Crippen LogP contribution is -2.41. The maximum Gasteiger partial charge on any atom is 0.496 e. The maximum atomic E-state index is 6.14. The van der Waals surface area contributed by atoms with Crippen LogP contribution in [0.2, 0.25) is 0 Å². The van der Waals surface area contributed by atoms with Gasteiger partial charge in [0.1, 0.15) is 0 Å². The van der Waals surface area contributed by atoms with E-state index in [4.69, 9.17) is 9.31 Å². The fourth-order valence-corrected chi connectivity index (χ4v) is 2.97. The van der Waals surface area contributed by atoms with E-state index < -0.39 is 0 Å². The largest absolute Gasteiger partial charge is 0.496 e. The first-order chi connectivity index (χ1) is 10.7. The number of hydrogen-bond donors (Lipinski definition) is 0. The molecule has 0 atom stereocenters. The molecule has 0 N–H and O–H groups in total. The van der Waals surface area contributed by atoms with Gasteiger partial charge in [0.15, 0.2) is 0 Å². The molecule has 1 aromatic carbocycles. The van der Waals surface area contributed by atoms with Gasteiger partial charge < -0.3 is 9.31 Å². The van der Waals surface area contributed by atoms with Crippen LogP contribution in [0.1, 0.15) is 38.8 Å². The van der Waals surface area contributed by atoms with Gasteiger partial charge in [0.2, 0.25) is 0 Å². The van der Waals surface area contributed by atoms with E-state index in [-0.39, 0.29) is 18.3 Å². The van der Waals surface area contributed by atoms with Crippen LogP contribution in [0.25, 0.3) is 11.1 Å². The van der Waals surface area contributed by atoms with E-state index in [1.807, 2.05) is 12.4 Å². The van der Waals surface area contributed by atoms with Crippen LogP contribution in [0.5, 0.6) is 0 Å². The second kappa shape index (κ2) is 5.46. The second-order valence-electron chi connectivity index (χ2n) is 7.36. The number of nitrogens with zero attached hydrogens (tertiary/aromatic N) is 1. The lowest BCUT2D eigenvalue weighted by Gasteiger charge is -2.32. The highest BCUT2D eigenvalue weighted by molar-refractivity contribution is 6.62. The third kappa shape index (κ3) is 2.82. The van der Waals surface area contributed by atoms with Gasteiger partial charge >= 0.3 is 7.12 Å². The standard InChI is InChI=1S/C19H24BNO2/c1-13-8-7-9-14(2)17(13)15-10-16(12-21-11-15)20-22-18(3,4)19(5,6)23-20/h7-12H,1-6H3. The minimum Gasteiger partial charge on any atom is -0.399 e. The molecule has 0 unspecified atom stereocenters. The monoisotopic (exact) mass is 309 g/mol. The van der Waals surface area contributed by atoms with E-state index in [9.17, 15) is 0 Å².